The summed E-state index contributed by atoms with van der Waals surface area (Å²) in [7, 11) is 0. The summed E-state index contributed by atoms with van der Waals surface area (Å²) >= 11 is 0. The Morgan fingerprint density at radius 1 is 0.900 bits per heavy atom. The summed E-state index contributed by atoms with van der Waals surface area (Å²) in [6, 6.07) is 0. The summed E-state index contributed by atoms with van der Waals surface area (Å²) in [5.74, 6) is -0.289. The second kappa shape index (κ2) is 12.1. The summed E-state index contributed by atoms with van der Waals surface area (Å²) < 4.78 is 5.82. The Bertz CT molecular complexity index is 541. The van der Waals surface area contributed by atoms with Crippen molar-refractivity contribution in [2.75, 3.05) is 6.61 Å². The molecule has 2 rings (SSSR count). The third kappa shape index (κ3) is 6.47. The molecule has 5 atom stereocenters. The fourth-order valence-electron chi connectivity index (χ4n) is 6.31. The van der Waals surface area contributed by atoms with Crippen molar-refractivity contribution in [2.24, 2.45) is 35.0 Å². The zero-order valence-corrected chi connectivity index (χ0v) is 20.0. The van der Waals surface area contributed by atoms with E-state index < -0.39 is 17.8 Å². The lowest BCUT2D eigenvalue weighted by Crippen LogP contribution is -2.44. The predicted molar refractivity (Wildman–Crippen MR) is 121 cm³/mol. The molecule has 0 aromatic heterocycles. The molecule has 1 N–H and O–H groups in total. The van der Waals surface area contributed by atoms with Gasteiger partial charge in [-0.25, -0.2) is 0 Å². The first kappa shape index (κ1) is 25.2. The van der Waals surface area contributed by atoms with Crippen molar-refractivity contribution >= 4 is 11.9 Å². The van der Waals surface area contributed by atoms with Gasteiger partial charge in [0.05, 0.1) is 18.4 Å². The van der Waals surface area contributed by atoms with Gasteiger partial charge in [0.1, 0.15) is 0 Å². The largest absolute Gasteiger partial charge is 0.481 e. The van der Waals surface area contributed by atoms with Gasteiger partial charge in [-0.15, -0.1) is 0 Å². The van der Waals surface area contributed by atoms with Gasteiger partial charge in [-0.1, -0.05) is 79.1 Å². The standard InChI is InChI=1S/C26H46O4/c1-5-7-8-9-15-23-19(12-6-2)16-17-20(26(23,3)4)18-30-25(29)22-14-11-10-13-21(22)24(27)28/h19-23H,5-18H2,1-4H3,(H,27,28). The maximum atomic E-state index is 12.8. The fraction of sp³-hybridized carbons (Fsp3) is 0.923. The lowest BCUT2D eigenvalue weighted by molar-refractivity contribution is -0.163. The number of carboxylic acids is 1. The first-order valence-electron chi connectivity index (χ1n) is 12.7. The van der Waals surface area contributed by atoms with Crippen LogP contribution in [0.15, 0.2) is 0 Å². The number of unbranched alkanes of at least 4 members (excludes halogenated alkanes) is 3. The average molecular weight is 423 g/mol. The molecule has 0 bridgehead atoms. The van der Waals surface area contributed by atoms with E-state index in [1.807, 2.05) is 0 Å². The highest BCUT2D eigenvalue weighted by molar-refractivity contribution is 5.81. The van der Waals surface area contributed by atoms with E-state index in [4.69, 9.17) is 4.74 Å². The van der Waals surface area contributed by atoms with Gasteiger partial charge in [0.15, 0.2) is 0 Å². The van der Waals surface area contributed by atoms with Crippen molar-refractivity contribution in [1.82, 2.24) is 0 Å². The van der Waals surface area contributed by atoms with E-state index in [0.717, 1.165) is 25.2 Å². The number of hydrogen-bond acceptors (Lipinski definition) is 3. The second-order valence-corrected chi connectivity index (χ2v) is 10.6. The molecule has 0 amide bonds. The van der Waals surface area contributed by atoms with Crippen molar-refractivity contribution in [2.45, 2.75) is 111 Å². The summed E-state index contributed by atoms with van der Waals surface area (Å²) in [5, 5.41) is 9.48. The van der Waals surface area contributed by atoms with Crippen molar-refractivity contribution in [3.63, 3.8) is 0 Å². The molecule has 0 aliphatic heterocycles. The quantitative estimate of drug-likeness (QED) is 0.292. The maximum absolute atomic E-state index is 12.8. The summed E-state index contributed by atoms with van der Waals surface area (Å²) in [5.41, 5.74) is 0.156. The van der Waals surface area contributed by atoms with Crippen molar-refractivity contribution < 1.29 is 19.4 Å². The van der Waals surface area contributed by atoms with Crippen molar-refractivity contribution in [3.8, 4) is 0 Å². The molecule has 0 spiro atoms. The van der Waals surface area contributed by atoms with Gasteiger partial charge >= 0.3 is 11.9 Å². The highest BCUT2D eigenvalue weighted by Crippen LogP contribution is 2.51. The average Bonchev–Trinajstić information content (AvgIpc) is 2.72. The van der Waals surface area contributed by atoms with Crippen LogP contribution in [0.25, 0.3) is 0 Å². The smallest absolute Gasteiger partial charge is 0.309 e. The monoisotopic (exact) mass is 422 g/mol. The van der Waals surface area contributed by atoms with Gasteiger partial charge in [0.25, 0.3) is 0 Å². The molecule has 5 unspecified atom stereocenters. The number of ether oxygens (including phenoxy) is 1. The fourth-order valence-corrected chi connectivity index (χ4v) is 6.31. The van der Waals surface area contributed by atoms with E-state index in [-0.39, 0.29) is 11.4 Å². The molecular weight excluding hydrogens is 376 g/mol. The molecule has 30 heavy (non-hydrogen) atoms. The van der Waals surface area contributed by atoms with Crippen LogP contribution in [0.1, 0.15) is 111 Å². The number of esters is 1. The molecule has 0 aromatic carbocycles. The number of carbonyl (C=O) groups excluding carboxylic acids is 1. The molecule has 0 aromatic rings. The SMILES string of the molecule is CCCCCCC1C(CCC)CCC(COC(=O)C2CCCCC2C(=O)O)C1(C)C. The van der Waals surface area contributed by atoms with E-state index in [1.54, 1.807) is 0 Å². The summed E-state index contributed by atoms with van der Waals surface area (Å²) in [4.78, 5) is 24.3. The molecule has 0 saturated heterocycles. The first-order valence-corrected chi connectivity index (χ1v) is 12.7. The van der Waals surface area contributed by atoms with Gasteiger partial charge in [-0.3, -0.25) is 9.59 Å². The summed E-state index contributed by atoms with van der Waals surface area (Å²) in [6.07, 6.45) is 14.5. The van der Waals surface area contributed by atoms with E-state index in [9.17, 15) is 14.7 Å². The Labute approximate surface area is 184 Å². The Kier molecular flexibility index (Phi) is 10.2. The van der Waals surface area contributed by atoms with Crippen LogP contribution in [0.4, 0.5) is 0 Å². The molecular formula is C26H46O4. The van der Waals surface area contributed by atoms with Crippen LogP contribution in [0.5, 0.6) is 0 Å². The Morgan fingerprint density at radius 3 is 2.23 bits per heavy atom. The highest BCUT2D eigenvalue weighted by atomic mass is 16.5. The molecule has 4 heteroatoms. The van der Waals surface area contributed by atoms with Gasteiger partial charge in [0.2, 0.25) is 0 Å². The first-order chi connectivity index (χ1) is 14.3. The van der Waals surface area contributed by atoms with Gasteiger partial charge in [0, 0.05) is 0 Å². The zero-order valence-electron chi connectivity index (χ0n) is 20.0. The minimum atomic E-state index is -0.843. The van der Waals surface area contributed by atoms with Crippen LogP contribution >= 0.6 is 0 Å². The number of carboxylic acid groups (broad SMARTS) is 1. The van der Waals surface area contributed by atoms with Crippen LogP contribution in [-0.4, -0.2) is 23.7 Å². The molecule has 2 aliphatic rings. The Hall–Kier alpha value is -1.06. The molecule has 2 saturated carbocycles. The highest BCUT2D eigenvalue weighted by Gasteiger charge is 2.45. The second-order valence-electron chi connectivity index (χ2n) is 10.6. The molecule has 2 fully saturated rings. The van der Waals surface area contributed by atoms with Gasteiger partial charge < -0.3 is 9.84 Å². The zero-order chi connectivity index (χ0) is 22.1. The summed E-state index contributed by atoms with van der Waals surface area (Å²) in [6.45, 7) is 9.78. The van der Waals surface area contributed by atoms with Gasteiger partial charge in [-0.05, 0) is 55.3 Å². The predicted octanol–water partition coefficient (Wildman–Crippen LogP) is 6.86. The van der Waals surface area contributed by atoms with Crippen molar-refractivity contribution in [1.29, 1.82) is 0 Å². The Morgan fingerprint density at radius 2 is 1.60 bits per heavy atom. The van der Waals surface area contributed by atoms with E-state index in [0.29, 0.717) is 31.3 Å². The van der Waals surface area contributed by atoms with Crippen LogP contribution in [0, 0.1) is 35.0 Å². The normalized spacial score (nSPS) is 31.3. The molecule has 2 aliphatic carbocycles. The molecule has 174 valence electrons. The molecule has 0 heterocycles. The topological polar surface area (TPSA) is 63.6 Å². The van der Waals surface area contributed by atoms with E-state index in [2.05, 4.69) is 27.7 Å². The minimum Gasteiger partial charge on any atom is -0.481 e. The van der Waals surface area contributed by atoms with Crippen molar-refractivity contribution in [3.05, 3.63) is 0 Å². The number of carbonyl (C=O) groups is 2. The minimum absolute atomic E-state index is 0.156. The maximum Gasteiger partial charge on any atom is 0.309 e. The number of hydrogen-bond donors (Lipinski definition) is 1. The third-order valence-corrected chi connectivity index (χ3v) is 8.30. The molecule has 0 radical (unpaired) electrons. The lowest BCUT2D eigenvalue weighted by atomic mass is 9.56. The van der Waals surface area contributed by atoms with Crippen LogP contribution in [0.2, 0.25) is 0 Å². The van der Waals surface area contributed by atoms with E-state index >= 15 is 0 Å². The van der Waals surface area contributed by atoms with Crippen LogP contribution < -0.4 is 0 Å². The number of rotatable bonds is 11. The lowest BCUT2D eigenvalue weighted by Gasteiger charge is -2.49. The number of aliphatic carboxylic acids is 1. The third-order valence-electron chi connectivity index (χ3n) is 8.30. The van der Waals surface area contributed by atoms with Crippen LogP contribution in [0.3, 0.4) is 0 Å². The van der Waals surface area contributed by atoms with E-state index in [1.165, 1.54) is 51.4 Å². The molecule has 4 nitrogen and oxygen atoms in total. The van der Waals surface area contributed by atoms with Crippen LogP contribution in [-0.2, 0) is 14.3 Å². The van der Waals surface area contributed by atoms with Gasteiger partial charge in [-0.2, -0.15) is 0 Å². The Balaban J connectivity index is 1.98.